The lowest BCUT2D eigenvalue weighted by Crippen LogP contribution is -2.63. The average molecular weight is 350 g/mol. The molecule has 2 atom stereocenters. The Balaban J connectivity index is 1.79. The Morgan fingerprint density at radius 1 is 1.08 bits per heavy atom. The second kappa shape index (κ2) is 6.13. The number of ether oxygens (including phenoxy) is 1. The third-order valence-electron chi connectivity index (χ3n) is 7.47. The highest BCUT2D eigenvalue weighted by Crippen LogP contribution is 2.58. The Kier molecular flexibility index (Phi) is 4.15. The van der Waals surface area contributed by atoms with E-state index in [0.717, 1.165) is 25.3 Å². The van der Waals surface area contributed by atoms with Crippen LogP contribution in [0.3, 0.4) is 0 Å². The summed E-state index contributed by atoms with van der Waals surface area (Å²) < 4.78 is 5.78. The highest BCUT2D eigenvalue weighted by atomic mass is 16.5. The number of fused-ring (bicyclic) bond motifs is 4. The van der Waals surface area contributed by atoms with E-state index in [9.17, 15) is 0 Å². The molecule has 0 spiro atoms. The Labute approximate surface area is 158 Å². The van der Waals surface area contributed by atoms with Crippen LogP contribution in [-0.2, 0) is 18.4 Å². The summed E-state index contributed by atoms with van der Waals surface area (Å²) in [5, 5.41) is 0. The monoisotopic (exact) mass is 349 g/mol. The summed E-state index contributed by atoms with van der Waals surface area (Å²) in [6, 6.07) is 15.8. The van der Waals surface area contributed by atoms with Gasteiger partial charge in [0.2, 0.25) is 0 Å². The fourth-order valence-corrected chi connectivity index (χ4v) is 5.61. The van der Waals surface area contributed by atoms with Crippen molar-refractivity contribution in [3.8, 4) is 5.75 Å². The molecule has 26 heavy (non-hydrogen) atoms. The van der Waals surface area contributed by atoms with Crippen LogP contribution in [0.15, 0.2) is 42.5 Å². The van der Waals surface area contributed by atoms with Crippen molar-refractivity contribution < 1.29 is 4.74 Å². The molecule has 0 unspecified atom stereocenters. The molecule has 2 aliphatic rings. The lowest BCUT2D eigenvalue weighted by atomic mass is 9.50. The quantitative estimate of drug-likeness (QED) is 0.763. The number of rotatable bonds is 3. The van der Waals surface area contributed by atoms with Crippen molar-refractivity contribution in [2.24, 2.45) is 5.41 Å². The fraction of sp³-hybridized carbons (Fsp3) is 0.500. The first-order valence-corrected chi connectivity index (χ1v) is 9.83. The second-order valence-electron chi connectivity index (χ2n) is 8.92. The molecule has 2 aromatic carbocycles. The molecule has 1 heterocycles. The fourth-order valence-electron chi connectivity index (χ4n) is 5.61. The molecular formula is C24H31NO. The molecule has 4 rings (SSSR count). The van der Waals surface area contributed by atoms with E-state index in [2.05, 4.69) is 75.1 Å². The van der Waals surface area contributed by atoms with Gasteiger partial charge in [-0.25, -0.2) is 0 Å². The highest BCUT2D eigenvalue weighted by Gasteiger charge is 2.56. The number of piperidine rings is 1. The van der Waals surface area contributed by atoms with Crippen molar-refractivity contribution in [3.05, 3.63) is 64.7 Å². The third-order valence-corrected chi connectivity index (χ3v) is 7.47. The highest BCUT2D eigenvalue weighted by molar-refractivity contribution is 5.53. The molecular weight excluding hydrogens is 318 g/mol. The Morgan fingerprint density at radius 3 is 2.50 bits per heavy atom. The minimum absolute atomic E-state index is 0.192. The molecule has 0 amide bonds. The molecule has 1 fully saturated rings. The lowest BCUT2D eigenvalue weighted by Gasteiger charge is -2.61. The van der Waals surface area contributed by atoms with Crippen LogP contribution in [0.1, 0.15) is 49.4 Å². The summed E-state index contributed by atoms with van der Waals surface area (Å²) in [5.41, 5.74) is 6.25. The first-order chi connectivity index (χ1) is 12.4. The van der Waals surface area contributed by atoms with E-state index in [1.807, 2.05) is 7.11 Å². The Hall–Kier alpha value is -1.80. The van der Waals surface area contributed by atoms with E-state index in [4.69, 9.17) is 4.74 Å². The first kappa shape index (κ1) is 17.6. The number of methoxy groups -OCH3 is 1. The van der Waals surface area contributed by atoms with Gasteiger partial charge in [0.05, 0.1) is 7.11 Å². The van der Waals surface area contributed by atoms with E-state index in [-0.39, 0.29) is 10.8 Å². The van der Waals surface area contributed by atoms with Crippen LogP contribution in [-0.4, -0.2) is 24.6 Å². The van der Waals surface area contributed by atoms with Crippen LogP contribution < -0.4 is 4.74 Å². The normalized spacial score (nSPS) is 27.0. The van der Waals surface area contributed by atoms with Crippen LogP contribution in [0.5, 0.6) is 5.75 Å². The van der Waals surface area contributed by atoms with Crippen molar-refractivity contribution >= 4 is 0 Å². The summed E-state index contributed by atoms with van der Waals surface area (Å²) >= 11 is 0. The molecule has 0 aromatic heterocycles. The minimum atomic E-state index is 0.192. The van der Waals surface area contributed by atoms with Gasteiger partial charge in [-0.3, -0.25) is 4.90 Å². The number of aryl methyl sites for hydroxylation is 1. The number of benzene rings is 2. The summed E-state index contributed by atoms with van der Waals surface area (Å²) in [6.07, 6.45) is 2.28. The molecule has 2 bridgehead atoms. The van der Waals surface area contributed by atoms with Crippen LogP contribution in [0, 0.1) is 12.3 Å². The smallest absolute Gasteiger partial charge is 0.122 e. The third kappa shape index (κ3) is 2.42. The molecule has 1 aliphatic heterocycles. The van der Waals surface area contributed by atoms with Gasteiger partial charge in [-0.1, -0.05) is 57.2 Å². The standard InChI is InChI=1S/C24H31NO/c1-17-11-12-20(26-5)19-15-21-23(2,3)24(4,22(17)19)13-14-25(21)16-18-9-7-6-8-10-18/h6-12,21H,13-16H2,1-5H3/t21-,24+/m1/s1. The van der Waals surface area contributed by atoms with E-state index in [0.29, 0.717) is 6.04 Å². The van der Waals surface area contributed by atoms with Gasteiger partial charge >= 0.3 is 0 Å². The van der Waals surface area contributed by atoms with Gasteiger partial charge in [-0.15, -0.1) is 0 Å². The van der Waals surface area contributed by atoms with Crippen molar-refractivity contribution in [2.75, 3.05) is 13.7 Å². The van der Waals surface area contributed by atoms with Gasteiger partial charge in [0.1, 0.15) is 5.75 Å². The van der Waals surface area contributed by atoms with Gasteiger partial charge in [-0.2, -0.15) is 0 Å². The van der Waals surface area contributed by atoms with E-state index < -0.39 is 0 Å². The molecule has 1 saturated heterocycles. The molecule has 138 valence electrons. The van der Waals surface area contributed by atoms with E-state index in [1.54, 1.807) is 5.56 Å². The maximum atomic E-state index is 5.78. The molecule has 2 aromatic rings. The zero-order valence-electron chi connectivity index (χ0n) is 16.8. The van der Waals surface area contributed by atoms with Gasteiger partial charge in [0.15, 0.2) is 0 Å². The lowest BCUT2D eigenvalue weighted by molar-refractivity contribution is -0.0429. The number of nitrogens with zero attached hydrogens (tertiary/aromatic N) is 1. The van der Waals surface area contributed by atoms with Crippen molar-refractivity contribution in [3.63, 3.8) is 0 Å². The maximum Gasteiger partial charge on any atom is 0.122 e. The Bertz CT molecular complexity index is 810. The average Bonchev–Trinajstić information content (AvgIpc) is 2.61. The van der Waals surface area contributed by atoms with Crippen LogP contribution in [0.25, 0.3) is 0 Å². The number of hydrogen-bond acceptors (Lipinski definition) is 2. The Morgan fingerprint density at radius 2 is 1.81 bits per heavy atom. The molecule has 0 radical (unpaired) electrons. The second-order valence-corrected chi connectivity index (χ2v) is 8.92. The summed E-state index contributed by atoms with van der Waals surface area (Å²) in [7, 11) is 1.81. The zero-order valence-corrected chi connectivity index (χ0v) is 16.8. The molecule has 0 N–H and O–H groups in total. The van der Waals surface area contributed by atoms with Crippen molar-refractivity contribution in [1.82, 2.24) is 4.90 Å². The summed E-state index contributed by atoms with van der Waals surface area (Å²) in [4.78, 5) is 2.71. The summed E-state index contributed by atoms with van der Waals surface area (Å²) in [5.74, 6) is 1.07. The number of likely N-dealkylation sites (tertiary alicyclic amines) is 1. The maximum absolute atomic E-state index is 5.78. The van der Waals surface area contributed by atoms with Crippen molar-refractivity contribution in [2.45, 2.75) is 58.5 Å². The predicted octanol–water partition coefficient (Wildman–Crippen LogP) is 5.12. The predicted molar refractivity (Wildman–Crippen MR) is 108 cm³/mol. The minimum Gasteiger partial charge on any atom is -0.496 e. The first-order valence-electron chi connectivity index (χ1n) is 9.83. The molecule has 2 heteroatoms. The van der Waals surface area contributed by atoms with Gasteiger partial charge < -0.3 is 4.74 Å². The van der Waals surface area contributed by atoms with Crippen LogP contribution in [0.4, 0.5) is 0 Å². The molecule has 0 saturated carbocycles. The van der Waals surface area contributed by atoms with Gasteiger partial charge in [-0.05, 0) is 60.0 Å². The van der Waals surface area contributed by atoms with Gasteiger partial charge in [0, 0.05) is 18.0 Å². The van der Waals surface area contributed by atoms with Crippen LogP contribution in [0.2, 0.25) is 0 Å². The SMILES string of the molecule is COc1ccc(C)c2c1C[C@H]1N(Cc3ccccc3)CC[C@]2(C)C1(C)C. The number of hydrogen-bond donors (Lipinski definition) is 0. The van der Waals surface area contributed by atoms with Gasteiger partial charge in [0.25, 0.3) is 0 Å². The topological polar surface area (TPSA) is 12.5 Å². The van der Waals surface area contributed by atoms with E-state index >= 15 is 0 Å². The van der Waals surface area contributed by atoms with Crippen LogP contribution >= 0.6 is 0 Å². The van der Waals surface area contributed by atoms with Crippen molar-refractivity contribution in [1.29, 1.82) is 0 Å². The van der Waals surface area contributed by atoms with E-state index in [1.165, 1.54) is 23.1 Å². The molecule has 1 aliphatic carbocycles. The largest absolute Gasteiger partial charge is 0.496 e. The summed E-state index contributed by atoms with van der Waals surface area (Å²) in [6.45, 7) is 11.9. The molecule has 2 nitrogen and oxygen atoms in total. The zero-order chi connectivity index (χ0) is 18.5.